The molecule has 2 heterocycles. The molecule has 0 fully saturated rings. The van der Waals surface area contributed by atoms with Gasteiger partial charge in [0, 0.05) is 36.6 Å². The van der Waals surface area contributed by atoms with E-state index in [1.165, 1.54) is 145 Å². The van der Waals surface area contributed by atoms with Crippen LogP contribution in [0.3, 0.4) is 0 Å². The lowest BCUT2D eigenvalue weighted by atomic mass is 9.87. The number of fused-ring (bicyclic) bond motifs is 14. The van der Waals surface area contributed by atoms with Crippen molar-refractivity contribution in [3.05, 3.63) is 212 Å². The van der Waals surface area contributed by atoms with Crippen LogP contribution in [0.15, 0.2) is 212 Å². The van der Waals surface area contributed by atoms with Gasteiger partial charge in [-0.25, -0.2) is 0 Å². The fourth-order valence-electron chi connectivity index (χ4n) is 11.5. The van der Waals surface area contributed by atoms with Gasteiger partial charge in [-0.05, 0) is 158 Å². The van der Waals surface area contributed by atoms with E-state index in [4.69, 9.17) is 0 Å². The predicted octanol–water partition coefficient (Wildman–Crippen LogP) is 18.0. The third kappa shape index (κ3) is 4.67. The Morgan fingerprint density at radius 3 is 1.55 bits per heavy atom. The van der Waals surface area contributed by atoms with E-state index in [0.29, 0.717) is 0 Å². The summed E-state index contributed by atoms with van der Waals surface area (Å²) in [6, 6.07) is 79.8. The largest absolute Gasteiger partial charge is 0.309 e. The lowest BCUT2D eigenvalue weighted by Gasteiger charge is -2.16. The predicted molar refractivity (Wildman–Crippen MR) is 278 cm³/mol. The molecular weight excluding hydrogens is 791 g/mol. The van der Waals surface area contributed by atoms with Crippen LogP contribution in [-0.4, -0.2) is 4.57 Å². The van der Waals surface area contributed by atoms with E-state index in [1.54, 1.807) is 0 Å². The number of hydrogen-bond donors (Lipinski definition) is 0. The Labute approximate surface area is 371 Å². The van der Waals surface area contributed by atoms with Gasteiger partial charge in [-0.3, -0.25) is 0 Å². The van der Waals surface area contributed by atoms with Crippen LogP contribution in [0.1, 0.15) is 0 Å². The zero-order valence-electron chi connectivity index (χ0n) is 34.6. The van der Waals surface area contributed by atoms with Crippen molar-refractivity contribution in [3.8, 4) is 27.9 Å². The van der Waals surface area contributed by atoms with Crippen molar-refractivity contribution < 1.29 is 0 Å². The number of nitrogens with zero attached hydrogens (tertiary/aromatic N) is 1. The Hall–Kier alpha value is -8.04. The number of hydrogen-bond acceptors (Lipinski definition) is 1. The molecular formula is C62H35NS. The van der Waals surface area contributed by atoms with E-state index in [2.05, 4.69) is 217 Å². The van der Waals surface area contributed by atoms with Gasteiger partial charge in [0.25, 0.3) is 0 Å². The zero-order chi connectivity index (χ0) is 41.6. The molecule has 15 rings (SSSR count). The summed E-state index contributed by atoms with van der Waals surface area (Å²) in [5.41, 5.74) is 8.63. The third-order valence-electron chi connectivity index (χ3n) is 14.3. The normalized spacial score (nSPS) is 12.4. The van der Waals surface area contributed by atoms with Crippen LogP contribution in [0.5, 0.6) is 0 Å². The summed E-state index contributed by atoms with van der Waals surface area (Å²) < 4.78 is 5.05. The highest BCUT2D eigenvalue weighted by Crippen LogP contribution is 2.46. The first-order valence-corrected chi connectivity index (χ1v) is 23.0. The molecule has 0 aliphatic heterocycles. The van der Waals surface area contributed by atoms with E-state index >= 15 is 0 Å². The molecule has 0 atom stereocenters. The minimum Gasteiger partial charge on any atom is -0.309 e. The molecule has 294 valence electrons. The summed E-state index contributed by atoms with van der Waals surface area (Å²) in [7, 11) is 0. The van der Waals surface area contributed by atoms with Crippen molar-refractivity contribution in [2.75, 3.05) is 0 Å². The Morgan fingerprint density at radius 2 is 0.781 bits per heavy atom. The first-order valence-electron chi connectivity index (χ1n) is 22.2. The van der Waals surface area contributed by atoms with Gasteiger partial charge in [0.05, 0.1) is 11.0 Å². The van der Waals surface area contributed by atoms with Crippen molar-refractivity contribution in [3.63, 3.8) is 0 Å². The second kappa shape index (κ2) is 12.8. The molecule has 2 heteroatoms. The number of thiophene rings is 1. The van der Waals surface area contributed by atoms with Gasteiger partial charge in [0.2, 0.25) is 0 Å². The van der Waals surface area contributed by atoms with Gasteiger partial charge < -0.3 is 4.57 Å². The topological polar surface area (TPSA) is 4.93 Å². The van der Waals surface area contributed by atoms with E-state index in [-0.39, 0.29) is 0 Å². The average Bonchev–Trinajstić information content (AvgIpc) is 3.89. The quantitative estimate of drug-likeness (QED) is 0.124. The SMILES string of the molecule is c1ccc(-n2c3ccccc3c3cc4c5ccc(-c6ccc7sc8ccc(-c9ccc%10c%11cccc%12cccc(c%13cccc9c%13%10)c%12%11)cc8c7c6)cc5c5ccccc5c4cc32)cc1. The van der Waals surface area contributed by atoms with Crippen LogP contribution >= 0.6 is 11.3 Å². The molecule has 1 nitrogen and oxygen atoms in total. The Kier molecular flexibility index (Phi) is 6.89. The lowest BCUT2D eigenvalue weighted by Crippen LogP contribution is -1.93. The van der Waals surface area contributed by atoms with Gasteiger partial charge in [-0.2, -0.15) is 0 Å². The second-order valence-corrected chi connectivity index (χ2v) is 18.6. The number of rotatable bonds is 3. The zero-order valence-corrected chi connectivity index (χ0v) is 35.4. The highest BCUT2D eigenvalue weighted by atomic mass is 32.1. The van der Waals surface area contributed by atoms with E-state index < -0.39 is 0 Å². The summed E-state index contributed by atoms with van der Waals surface area (Å²) in [4.78, 5) is 0. The van der Waals surface area contributed by atoms with Crippen LogP contribution in [0.2, 0.25) is 0 Å². The number of para-hydroxylation sites is 2. The summed E-state index contributed by atoms with van der Waals surface area (Å²) in [5.74, 6) is 0. The van der Waals surface area contributed by atoms with Crippen molar-refractivity contribution >= 4 is 129 Å². The summed E-state index contributed by atoms with van der Waals surface area (Å²) in [5, 5.41) is 23.5. The fraction of sp³-hybridized carbons (Fsp3) is 0. The smallest absolute Gasteiger partial charge is 0.0547 e. The summed E-state index contributed by atoms with van der Waals surface area (Å²) >= 11 is 1.89. The molecule has 2 aromatic heterocycles. The number of benzene rings is 13. The number of aromatic nitrogens is 1. The molecule has 0 aliphatic rings. The molecule has 0 radical (unpaired) electrons. The molecule has 0 saturated carbocycles. The Morgan fingerprint density at radius 1 is 0.266 bits per heavy atom. The van der Waals surface area contributed by atoms with Gasteiger partial charge in [-0.15, -0.1) is 11.3 Å². The highest BCUT2D eigenvalue weighted by Gasteiger charge is 2.19. The standard InChI is InChI=1S/C62H35NS/c1-2-13-40(14-3-1)63-57-22-7-6-17-45(57)54-34-52-44-26-23-37(31-51(44)42-15-4-5-16-43(42)53(52)35-58(54)63)38-24-29-59-55(32-38)56-33-39(25-30-60(56)64-59)41-27-28-50-48-19-9-12-36-11-8-18-47(61(36)48)49-21-10-20-46(41)62(49)50/h1-35H. The van der Waals surface area contributed by atoms with Crippen LogP contribution in [0.4, 0.5) is 0 Å². The fourth-order valence-corrected chi connectivity index (χ4v) is 12.5. The maximum atomic E-state index is 2.45. The average molecular weight is 826 g/mol. The molecule has 0 N–H and O–H groups in total. The maximum Gasteiger partial charge on any atom is 0.0547 e. The van der Waals surface area contributed by atoms with E-state index in [9.17, 15) is 0 Å². The van der Waals surface area contributed by atoms with Gasteiger partial charge in [0.1, 0.15) is 0 Å². The Balaban J connectivity index is 0.908. The molecule has 0 bridgehead atoms. The van der Waals surface area contributed by atoms with Crippen LogP contribution < -0.4 is 0 Å². The van der Waals surface area contributed by atoms with Crippen molar-refractivity contribution in [1.82, 2.24) is 4.57 Å². The van der Waals surface area contributed by atoms with Gasteiger partial charge in [0.15, 0.2) is 0 Å². The molecule has 13 aromatic carbocycles. The first kappa shape index (κ1) is 34.5. The molecule has 0 aliphatic carbocycles. The molecule has 0 unspecified atom stereocenters. The minimum atomic E-state index is 1.18. The van der Waals surface area contributed by atoms with Gasteiger partial charge in [-0.1, -0.05) is 152 Å². The van der Waals surface area contributed by atoms with Crippen LogP contribution in [-0.2, 0) is 0 Å². The maximum absolute atomic E-state index is 2.45. The van der Waals surface area contributed by atoms with Crippen LogP contribution in [0, 0.1) is 0 Å². The lowest BCUT2D eigenvalue weighted by molar-refractivity contribution is 1.18. The monoisotopic (exact) mass is 825 g/mol. The van der Waals surface area contributed by atoms with Crippen molar-refractivity contribution in [1.29, 1.82) is 0 Å². The van der Waals surface area contributed by atoms with Gasteiger partial charge >= 0.3 is 0 Å². The summed E-state index contributed by atoms with van der Waals surface area (Å²) in [6.07, 6.45) is 0. The second-order valence-electron chi connectivity index (χ2n) is 17.5. The molecule has 64 heavy (non-hydrogen) atoms. The van der Waals surface area contributed by atoms with Crippen molar-refractivity contribution in [2.45, 2.75) is 0 Å². The van der Waals surface area contributed by atoms with E-state index in [0.717, 1.165) is 0 Å². The minimum absolute atomic E-state index is 1.18. The Bertz CT molecular complexity index is 4420. The molecule has 15 aromatic rings. The molecule has 0 spiro atoms. The first-order chi connectivity index (χ1) is 31.7. The summed E-state index contributed by atoms with van der Waals surface area (Å²) in [6.45, 7) is 0. The van der Waals surface area contributed by atoms with E-state index in [1.807, 2.05) is 11.3 Å². The molecule has 0 saturated heterocycles. The highest BCUT2D eigenvalue weighted by molar-refractivity contribution is 7.25. The van der Waals surface area contributed by atoms with Crippen LogP contribution in [0.25, 0.3) is 145 Å². The van der Waals surface area contributed by atoms with Crippen molar-refractivity contribution in [2.24, 2.45) is 0 Å². The molecule has 0 amide bonds. The third-order valence-corrected chi connectivity index (χ3v) is 15.4.